The van der Waals surface area contributed by atoms with Crippen molar-refractivity contribution in [3.63, 3.8) is 0 Å². The molecule has 1 heterocycles. The van der Waals surface area contributed by atoms with E-state index in [1.807, 2.05) is 0 Å². The van der Waals surface area contributed by atoms with Crippen LogP contribution in [0.15, 0.2) is 12.2 Å². The molecule has 80 heavy (non-hydrogen) atoms. The van der Waals surface area contributed by atoms with Crippen molar-refractivity contribution in [2.24, 2.45) is 0 Å². The van der Waals surface area contributed by atoms with Gasteiger partial charge in [0.05, 0.1) is 25.4 Å². The number of hydrogen-bond donors (Lipinski definition) is 6. The van der Waals surface area contributed by atoms with Gasteiger partial charge in [-0.05, 0) is 38.5 Å². The zero-order chi connectivity index (χ0) is 57.9. The van der Waals surface area contributed by atoms with Crippen molar-refractivity contribution in [2.45, 2.75) is 423 Å². The first-order chi connectivity index (χ1) is 39.3. The predicted molar refractivity (Wildman–Crippen MR) is 341 cm³/mol. The number of hydrogen-bond acceptors (Lipinski definition) is 8. The normalized spacial score (nSPS) is 18.4. The Kier molecular flexibility index (Phi) is 58.7. The molecule has 1 saturated heterocycles. The summed E-state index contributed by atoms with van der Waals surface area (Å²) in [6.45, 7) is 3.89. The Hall–Kier alpha value is -1.07. The van der Waals surface area contributed by atoms with Gasteiger partial charge in [-0.2, -0.15) is 0 Å². The van der Waals surface area contributed by atoms with Crippen LogP contribution in [0.3, 0.4) is 0 Å². The summed E-state index contributed by atoms with van der Waals surface area (Å²) in [6, 6.07) is -0.715. The van der Waals surface area contributed by atoms with E-state index in [4.69, 9.17) is 9.47 Å². The molecule has 0 saturated carbocycles. The molecule has 476 valence electrons. The largest absolute Gasteiger partial charge is 0.394 e. The number of aliphatic hydroxyl groups is 5. The number of unbranched alkanes of at least 4 members (excludes halogenated alkanes) is 52. The highest BCUT2D eigenvalue weighted by Gasteiger charge is 2.44. The minimum Gasteiger partial charge on any atom is -0.394 e. The third kappa shape index (κ3) is 49.2. The summed E-state index contributed by atoms with van der Waals surface area (Å²) in [4.78, 5) is 13.1. The van der Waals surface area contributed by atoms with Crippen molar-refractivity contribution in [2.75, 3.05) is 13.2 Å². The van der Waals surface area contributed by atoms with E-state index in [2.05, 4.69) is 31.3 Å². The fraction of sp³-hybridized carbons (Fsp3) is 0.958. The number of aliphatic hydroxyl groups excluding tert-OH is 5. The van der Waals surface area contributed by atoms with Crippen molar-refractivity contribution < 1.29 is 39.8 Å². The highest BCUT2D eigenvalue weighted by molar-refractivity contribution is 5.76. The van der Waals surface area contributed by atoms with E-state index in [0.717, 1.165) is 38.5 Å². The quantitative estimate of drug-likeness (QED) is 0.0261. The molecule has 6 N–H and O–H groups in total. The summed E-state index contributed by atoms with van der Waals surface area (Å²) < 4.78 is 11.4. The van der Waals surface area contributed by atoms with E-state index in [-0.39, 0.29) is 12.5 Å². The Balaban J connectivity index is 2.02. The SMILES string of the molecule is CCCCCCCCCC/C=C\CCCCCCCCCCCCCCCCCCCCCCCCCCCCCC(=O)NC(COC1OC(CO)C(O)C(O)C1O)C(O)CCCCCCCCCCCCCCCCCCCC. The maximum atomic E-state index is 13.1. The monoisotopic (exact) mass is 1130 g/mol. The van der Waals surface area contributed by atoms with Crippen LogP contribution >= 0.6 is 0 Å². The van der Waals surface area contributed by atoms with Crippen LogP contribution in [0.1, 0.15) is 380 Å². The first kappa shape index (κ1) is 76.9. The second kappa shape index (κ2) is 61.0. The first-order valence-electron chi connectivity index (χ1n) is 35.9. The van der Waals surface area contributed by atoms with Crippen LogP contribution in [0, 0.1) is 0 Å². The van der Waals surface area contributed by atoms with Crippen LogP contribution in [0.2, 0.25) is 0 Å². The minimum atomic E-state index is -1.55. The molecule has 7 atom stereocenters. The maximum absolute atomic E-state index is 13.1. The molecule has 0 spiro atoms. The molecule has 0 aromatic carbocycles. The van der Waals surface area contributed by atoms with Crippen molar-refractivity contribution in [1.82, 2.24) is 5.32 Å². The number of carbonyl (C=O) groups is 1. The zero-order valence-electron chi connectivity index (χ0n) is 53.4. The van der Waals surface area contributed by atoms with Gasteiger partial charge in [0.25, 0.3) is 0 Å². The van der Waals surface area contributed by atoms with Gasteiger partial charge >= 0.3 is 0 Å². The average molecular weight is 1130 g/mol. The minimum absolute atomic E-state index is 0.131. The molecule has 1 aliphatic rings. The highest BCUT2D eigenvalue weighted by atomic mass is 16.7. The van der Waals surface area contributed by atoms with Gasteiger partial charge in [0.15, 0.2) is 6.29 Å². The number of amides is 1. The standard InChI is InChI=1S/C71H139NO8/c1-3-5-7-9-11-13-15-17-19-21-23-24-25-26-27-28-29-30-31-32-33-34-35-36-37-38-39-40-41-42-43-45-47-49-51-53-55-57-59-61-67(75)72-64(63-79-71-70(78)69(77)68(76)66(62-73)80-71)65(74)60-58-56-54-52-50-48-46-44-22-20-18-16-14-12-10-8-6-4-2/h21,23,64-66,68-71,73-74,76-78H,3-20,22,24-63H2,1-2H3,(H,72,75)/b23-21-. The first-order valence-corrected chi connectivity index (χ1v) is 35.9. The van der Waals surface area contributed by atoms with E-state index < -0.39 is 49.5 Å². The maximum Gasteiger partial charge on any atom is 0.220 e. The van der Waals surface area contributed by atoms with Gasteiger partial charge in [-0.1, -0.05) is 347 Å². The number of ether oxygens (including phenoxy) is 2. The lowest BCUT2D eigenvalue weighted by Gasteiger charge is -2.40. The van der Waals surface area contributed by atoms with E-state index in [1.54, 1.807) is 0 Å². The molecule has 7 unspecified atom stereocenters. The Morgan fingerprint density at radius 2 is 0.700 bits per heavy atom. The molecule has 0 aromatic heterocycles. The lowest BCUT2D eigenvalue weighted by atomic mass is 9.99. The van der Waals surface area contributed by atoms with Crippen LogP contribution in [0.25, 0.3) is 0 Å². The van der Waals surface area contributed by atoms with E-state index in [1.165, 1.54) is 315 Å². The topological polar surface area (TPSA) is 149 Å². The van der Waals surface area contributed by atoms with E-state index in [0.29, 0.717) is 12.8 Å². The van der Waals surface area contributed by atoms with Gasteiger partial charge in [-0.3, -0.25) is 4.79 Å². The molecule has 1 aliphatic heterocycles. The number of rotatable bonds is 64. The Morgan fingerprint density at radius 3 is 1.01 bits per heavy atom. The van der Waals surface area contributed by atoms with Crippen LogP contribution in [0.4, 0.5) is 0 Å². The van der Waals surface area contributed by atoms with E-state index in [9.17, 15) is 30.3 Å². The van der Waals surface area contributed by atoms with Gasteiger partial charge in [-0.25, -0.2) is 0 Å². The molecule has 1 fully saturated rings. The Bertz CT molecular complexity index is 1270. The third-order valence-corrected chi connectivity index (χ3v) is 17.6. The van der Waals surface area contributed by atoms with Crippen molar-refractivity contribution in [3.8, 4) is 0 Å². The third-order valence-electron chi connectivity index (χ3n) is 17.6. The lowest BCUT2D eigenvalue weighted by molar-refractivity contribution is -0.302. The molecule has 0 aliphatic carbocycles. The van der Waals surface area contributed by atoms with Crippen molar-refractivity contribution >= 4 is 5.91 Å². The highest BCUT2D eigenvalue weighted by Crippen LogP contribution is 2.24. The summed E-state index contributed by atoms with van der Waals surface area (Å²) >= 11 is 0. The molecule has 9 heteroatoms. The fourth-order valence-electron chi connectivity index (χ4n) is 12.0. The Morgan fingerprint density at radius 1 is 0.412 bits per heavy atom. The molecule has 0 bridgehead atoms. The van der Waals surface area contributed by atoms with Crippen LogP contribution in [-0.2, 0) is 14.3 Å². The summed E-state index contributed by atoms with van der Waals surface area (Å²) in [5.74, 6) is -0.135. The molecular weight excluding hydrogens is 995 g/mol. The second-order valence-electron chi connectivity index (χ2n) is 25.4. The number of carbonyl (C=O) groups excluding carboxylic acids is 1. The molecular formula is C71H139NO8. The summed E-state index contributed by atoms with van der Waals surface area (Å²) in [5, 5.41) is 54.9. The molecule has 9 nitrogen and oxygen atoms in total. The Labute approximate surface area is 496 Å². The molecule has 0 aromatic rings. The number of allylic oxidation sites excluding steroid dienone is 2. The van der Waals surface area contributed by atoms with Gasteiger partial charge in [-0.15, -0.1) is 0 Å². The summed E-state index contributed by atoms with van der Waals surface area (Å²) in [5.41, 5.74) is 0. The van der Waals surface area contributed by atoms with Crippen LogP contribution < -0.4 is 5.32 Å². The van der Waals surface area contributed by atoms with Gasteiger partial charge < -0.3 is 40.3 Å². The fourth-order valence-corrected chi connectivity index (χ4v) is 12.0. The van der Waals surface area contributed by atoms with Gasteiger partial charge in [0.1, 0.15) is 24.4 Å². The second-order valence-corrected chi connectivity index (χ2v) is 25.4. The molecule has 0 radical (unpaired) electrons. The van der Waals surface area contributed by atoms with Gasteiger partial charge in [0, 0.05) is 6.42 Å². The number of nitrogens with one attached hydrogen (secondary N) is 1. The summed E-state index contributed by atoms with van der Waals surface area (Å²) in [6.07, 6.45) is 71.6. The predicted octanol–water partition coefficient (Wildman–Crippen LogP) is 19.5. The molecule has 1 amide bonds. The van der Waals surface area contributed by atoms with Crippen LogP contribution in [-0.4, -0.2) is 87.5 Å². The van der Waals surface area contributed by atoms with Crippen LogP contribution in [0.5, 0.6) is 0 Å². The van der Waals surface area contributed by atoms with Gasteiger partial charge in [0.2, 0.25) is 5.91 Å². The van der Waals surface area contributed by atoms with Crippen molar-refractivity contribution in [1.29, 1.82) is 0 Å². The van der Waals surface area contributed by atoms with Crippen molar-refractivity contribution in [3.05, 3.63) is 12.2 Å². The smallest absolute Gasteiger partial charge is 0.220 e. The molecule has 1 rings (SSSR count). The van der Waals surface area contributed by atoms with E-state index >= 15 is 0 Å². The summed E-state index contributed by atoms with van der Waals surface area (Å²) in [7, 11) is 0. The zero-order valence-corrected chi connectivity index (χ0v) is 53.4. The average Bonchev–Trinajstić information content (AvgIpc) is 3.46. The lowest BCUT2D eigenvalue weighted by Crippen LogP contribution is -2.60.